The van der Waals surface area contributed by atoms with Gasteiger partial charge < -0.3 is 4.42 Å². The van der Waals surface area contributed by atoms with Gasteiger partial charge in [0.15, 0.2) is 5.52 Å². The number of aromatic nitrogens is 3. The Bertz CT molecular complexity index is 2260. The number of nitrogens with zero attached hydrogens (tertiary/aromatic N) is 3. The molecule has 0 bridgehead atoms. The molecule has 0 spiro atoms. The van der Waals surface area contributed by atoms with E-state index in [1.807, 2.05) is 12.1 Å². The quantitative estimate of drug-likeness (QED) is 0.208. The van der Waals surface area contributed by atoms with Gasteiger partial charge in [0.05, 0.1) is 18.8 Å². The van der Waals surface area contributed by atoms with Crippen LogP contribution in [-0.2, 0) is 7.05 Å². The number of fused-ring (bicyclic) bond motifs is 4. The highest BCUT2D eigenvalue weighted by atomic mass is 16.3. The molecule has 3 heterocycles. The van der Waals surface area contributed by atoms with Crippen LogP contribution in [0.5, 0.6) is 0 Å². The van der Waals surface area contributed by atoms with Crippen LogP contribution in [0.1, 0.15) is 5.56 Å². The summed E-state index contributed by atoms with van der Waals surface area (Å²) in [6, 6.07) is 44.6. The van der Waals surface area contributed by atoms with Gasteiger partial charge in [-0.05, 0) is 59.5 Å². The average Bonchev–Trinajstić information content (AvgIpc) is 3.60. The molecule has 200 valence electrons. The van der Waals surface area contributed by atoms with Crippen LogP contribution in [0.15, 0.2) is 138 Å². The van der Waals surface area contributed by atoms with E-state index in [2.05, 4.69) is 145 Å². The first kappa shape index (κ1) is 24.3. The molecule has 0 N–H and O–H groups in total. The van der Waals surface area contributed by atoms with Crippen LogP contribution in [0.2, 0.25) is 0 Å². The fourth-order valence-corrected chi connectivity index (χ4v) is 6.21. The summed E-state index contributed by atoms with van der Waals surface area (Å²) in [5.74, 6) is 0.848. The Morgan fingerprint density at radius 2 is 1.36 bits per heavy atom. The Morgan fingerprint density at radius 3 is 2.17 bits per heavy atom. The molecule has 0 saturated heterocycles. The van der Waals surface area contributed by atoms with Gasteiger partial charge in [0, 0.05) is 16.3 Å². The van der Waals surface area contributed by atoms with Gasteiger partial charge in [-0.25, -0.2) is 9.55 Å². The van der Waals surface area contributed by atoms with E-state index in [0.29, 0.717) is 0 Å². The summed E-state index contributed by atoms with van der Waals surface area (Å²) >= 11 is 0. The Labute approximate surface area is 243 Å². The van der Waals surface area contributed by atoms with Gasteiger partial charge >= 0.3 is 5.65 Å². The van der Waals surface area contributed by atoms with Crippen molar-refractivity contribution in [2.75, 3.05) is 0 Å². The molecule has 4 nitrogen and oxygen atoms in total. The van der Waals surface area contributed by atoms with Crippen molar-refractivity contribution in [1.82, 2.24) is 9.55 Å². The lowest BCUT2D eigenvalue weighted by molar-refractivity contribution is -0.647. The predicted octanol–water partition coefficient (Wildman–Crippen LogP) is 9.06. The zero-order chi connectivity index (χ0) is 28.2. The second-order valence-electron chi connectivity index (χ2n) is 10.9. The molecule has 5 aromatic carbocycles. The largest absolute Gasteiger partial charge is 0.455 e. The van der Waals surface area contributed by atoms with Crippen LogP contribution < -0.4 is 4.57 Å². The molecular weight excluding hydrogens is 514 g/mol. The summed E-state index contributed by atoms with van der Waals surface area (Å²) in [4.78, 5) is 5.30. The zero-order valence-electron chi connectivity index (χ0n) is 23.5. The van der Waals surface area contributed by atoms with Crippen molar-refractivity contribution in [3.63, 3.8) is 0 Å². The van der Waals surface area contributed by atoms with E-state index in [0.717, 1.165) is 66.9 Å². The Balaban J connectivity index is 1.48. The highest BCUT2D eigenvalue weighted by Gasteiger charge is 2.29. The first-order valence-electron chi connectivity index (χ1n) is 14.2. The van der Waals surface area contributed by atoms with Gasteiger partial charge in [-0.3, -0.25) is 0 Å². The molecule has 0 atom stereocenters. The minimum atomic E-state index is 0.844. The number of pyridine rings is 1. The van der Waals surface area contributed by atoms with E-state index in [-0.39, 0.29) is 0 Å². The summed E-state index contributed by atoms with van der Waals surface area (Å²) < 4.78 is 11.0. The first-order valence-corrected chi connectivity index (χ1v) is 14.2. The molecule has 0 radical (unpaired) electrons. The molecule has 42 heavy (non-hydrogen) atoms. The van der Waals surface area contributed by atoms with Crippen molar-refractivity contribution in [3.05, 3.63) is 139 Å². The predicted molar refractivity (Wildman–Crippen MR) is 171 cm³/mol. The third-order valence-corrected chi connectivity index (χ3v) is 8.05. The fourth-order valence-electron chi connectivity index (χ4n) is 6.21. The molecule has 0 aliphatic carbocycles. The van der Waals surface area contributed by atoms with Crippen LogP contribution in [0, 0.1) is 6.92 Å². The van der Waals surface area contributed by atoms with Crippen molar-refractivity contribution in [3.8, 4) is 39.3 Å². The standard InChI is InChI=1S/C38H28N3O/c1-25-22-33-38(40(2)24-25)41(37(39-33)31-18-11-17-30-29-16-9-10-19-35(29)42-36(30)31)34-21-20-28(26-12-5-3-6-13-26)23-32(34)27-14-7-4-8-15-27/h3-24H,1-2H3/q+1. The minimum absolute atomic E-state index is 0.844. The number of hydrogen-bond acceptors (Lipinski definition) is 2. The van der Waals surface area contributed by atoms with Crippen LogP contribution in [0.4, 0.5) is 0 Å². The maximum atomic E-state index is 6.51. The molecule has 0 saturated carbocycles. The van der Waals surface area contributed by atoms with Gasteiger partial charge in [0.1, 0.15) is 16.9 Å². The van der Waals surface area contributed by atoms with Crippen LogP contribution in [0.25, 0.3) is 72.4 Å². The molecule has 0 fully saturated rings. The molecule has 0 aliphatic rings. The lowest BCUT2D eigenvalue weighted by Crippen LogP contribution is -2.31. The topological polar surface area (TPSA) is 34.8 Å². The number of aryl methyl sites for hydroxylation is 2. The van der Waals surface area contributed by atoms with Gasteiger partial charge in [-0.2, -0.15) is 4.57 Å². The molecular formula is C38H28N3O+. The minimum Gasteiger partial charge on any atom is -0.455 e. The zero-order valence-corrected chi connectivity index (χ0v) is 23.5. The highest BCUT2D eigenvalue weighted by Crippen LogP contribution is 2.40. The van der Waals surface area contributed by atoms with E-state index < -0.39 is 0 Å². The van der Waals surface area contributed by atoms with Gasteiger partial charge in [-0.15, -0.1) is 0 Å². The van der Waals surface area contributed by atoms with E-state index in [4.69, 9.17) is 9.40 Å². The number of imidazole rings is 1. The maximum Gasteiger partial charge on any atom is 0.314 e. The summed E-state index contributed by atoms with van der Waals surface area (Å²) in [5, 5.41) is 2.19. The number of furan rings is 1. The number of rotatable bonds is 4. The number of hydrogen-bond donors (Lipinski definition) is 0. The van der Waals surface area contributed by atoms with Crippen molar-refractivity contribution in [2.24, 2.45) is 7.05 Å². The van der Waals surface area contributed by atoms with Crippen LogP contribution in [0.3, 0.4) is 0 Å². The van der Waals surface area contributed by atoms with Crippen LogP contribution >= 0.6 is 0 Å². The van der Waals surface area contributed by atoms with Crippen LogP contribution in [-0.4, -0.2) is 9.55 Å². The summed E-state index contributed by atoms with van der Waals surface area (Å²) in [6.45, 7) is 2.11. The summed E-state index contributed by atoms with van der Waals surface area (Å²) in [6.07, 6.45) is 2.16. The Hall–Kier alpha value is -5.48. The molecule has 0 amide bonds. The highest BCUT2D eigenvalue weighted by molar-refractivity contribution is 6.09. The Kier molecular flexibility index (Phi) is 5.54. The lowest BCUT2D eigenvalue weighted by Gasteiger charge is -2.13. The smallest absolute Gasteiger partial charge is 0.314 e. The number of benzene rings is 5. The molecule has 8 rings (SSSR count). The van der Waals surface area contributed by atoms with Crippen molar-refractivity contribution < 1.29 is 8.98 Å². The SMILES string of the molecule is Cc1cc2nc(-c3cccc4c3oc3ccccc34)n(-c3ccc(-c4ccccc4)cc3-c3ccccc3)c2[n+](C)c1. The molecule has 4 heteroatoms. The van der Waals surface area contributed by atoms with Gasteiger partial charge in [0.25, 0.3) is 0 Å². The van der Waals surface area contributed by atoms with Gasteiger partial charge in [-0.1, -0.05) is 97.1 Å². The lowest BCUT2D eigenvalue weighted by atomic mass is 9.97. The first-order chi connectivity index (χ1) is 20.7. The fraction of sp³-hybridized carbons (Fsp3) is 0.0526. The van der Waals surface area contributed by atoms with Crippen molar-refractivity contribution in [2.45, 2.75) is 6.92 Å². The number of para-hydroxylation sites is 2. The second-order valence-corrected chi connectivity index (χ2v) is 10.9. The van der Waals surface area contributed by atoms with Gasteiger partial charge in [0.2, 0.25) is 5.82 Å². The monoisotopic (exact) mass is 542 g/mol. The van der Waals surface area contributed by atoms with E-state index >= 15 is 0 Å². The molecule has 8 aromatic rings. The van der Waals surface area contributed by atoms with E-state index in [1.165, 1.54) is 11.1 Å². The molecule has 0 aliphatic heterocycles. The molecule has 3 aromatic heterocycles. The molecule has 0 unspecified atom stereocenters. The van der Waals surface area contributed by atoms with E-state index in [1.54, 1.807) is 0 Å². The van der Waals surface area contributed by atoms with Crippen molar-refractivity contribution in [1.29, 1.82) is 0 Å². The third-order valence-electron chi connectivity index (χ3n) is 8.05. The Morgan fingerprint density at radius 1 is 0.643 bits per heavy atom. The summed E-state index contributed by atoms with van der Waals surface area (Å²) in [5.41, 5.74) is 11.5. The average molecular weight is 543 g/mol. The third kappa shape index (κ3) is 3.84. The normalized spacial score (nSPS) is 11.6. The maximum absolute atomic E-state index is 6.51. The van der Waals surface area contributed by atoms with Crippen molar-refractivity contribution >= 4 is 33.1 Å². The summed E-state index contributed by atoms with van der Waals surface area (Å²) in [7, 11) is 2.10. The van der Waals surface area contributed by atoms with E-state index in [9.17, 15) is 0 Å². The second kappa shape index (κ2) is 9.57.